The molecule has 1 amide bonds. The molecule has 2 aromatic rings. The lowest BCUT2D eigenvalue weighted by Gasteiger charge is -2.32. The van der Waals surface area contributed by atoms with Gasteiger partial charge in [-0.3, -0.25) is 9.69 Å². The zero-order valence-corrected chi connectivity index (χ0v) is 14.7. The van der Waals surface area contributed by atoms with Gasteiger partial charge in [-0.25, -0.2) is 4.98 Å². The Morgan fingerprint density at radius 3 is 3.00 bits per heavy atom. The Hall–Kier alpha value is -1.54. The average molecular weight is 349 g/mol. The minimum absolute atomic E-state index is 0.0613. The highest BCUT2D eigenvalue weighted by atomic mass is 32.1. The van der Waals surface area contributed by atoms with Crippen molar-refractivity contribution in [2.45, 2.75) is 19.6 Å². The van der Waals surface area contributed by atoms with Crippen molar-refractivity contribution in [1.29, 1.82) is 0 Å². The van der Waals surface area contributed by atoms with Crippen LogP contribution in [0.4, 0.5) is 0 Å². The number of carbonyl (C=O) groups is 1. The molecule has 2 heterocycles. The molecule has 1 saturated heterocycles. The maximum atomic E-state index is 11.9. The lowest BCUT2D eigenvalue weighted by molar-refractivity contribution is -0.126. The van der Waals surface area contributed by atoms with E-state index in [0.717, 1.165) is 41.5 Å². The number of morpholine rings is 1. The lowest BCUT2D eigenvalue weighted by atomic mass is 10.2. The second-order valence-corrected chi connectivity index (χ2v) is 6.98. The van der Waals surface area contributed by atoms with Crippen LogP contribution >= 0.6 is 11.3 Å². The largest absolute Gasteiger partial charge is 0.379 e. The zero-order valence-electron chi connectivity index (χ0n) is 13.9. The number of hydrogen-bond donors (Lipinski definition) is 1. The summed E-state index contributed by atoms with van der Waals surface area (Å²) in [5.41, 5.74) is 0.977. The van der Waals surface area contributed by atoms with E-state index in [4.69, 9.17) is 9.47 Å². The minimum atomic E-state index is -0.0868. The predicted molar refractivity (Wildman–Crippen MR) is 94.1 cm³/mol. The lowest BCUT2D eigenvalue weighted by Crippen LogP contribution is -2.47. The number of aromatic nitrogens is 1. The van der Waals surface area contributed by atoms with Gasteiger partial charge in [-0.2, -0.15) is 0 Å². The summed E-state index contributed by atoms with van der Waals surface area (Å²) >= 11 is 1.60. The molecule has 0 unspecified atom stereocenters. The second kappa shape index (κ2) is 8.53. The molecule has 130 valence electrons. The van der Waals surface area contributed by atoms with Gasteiger partial charge in [0, 0.05) is 25.7 Å². The van der Waals surface area contributed by atoms with Crippen molar-refractivity contribution in [2.24, 2.45) is 0 Å². The van der Waals surface area contributed by atoms with E-state index in [-0.39, 0.29) is 12.5 Å². The van der Waals surface area contributed by atoms with Crippen LogP contribution in [0.2, 0.25) is 0 Å². The Labute approximate surface area is 145 Å². The van der Waals surface area contributed by atoms with Gasteiger partial charge in [0.1, 0.15) is 11.6 Å². The zero-order chi connectivity index (χ0) is 16.8. The Bertz CT molecular complexity index is 637. The van der Waals surface area contributed by atoms with E-state index < -0.39 is 0 Å². The molecule has 1 atom stereocenters. The first-order valence-electron chi connectivity index (χ1n) is 8.23. The molecule has 1 aromatic carbocycles. The molecule has 1 aliphatic heterocycles. The molecular weight excluding hydrogens is 326 g/mol. The van der Waals surface area contributed by atoms with E-state index in [2.05, 4.69) is 22.1 Å². The summed E-state index contributed by atoms with van der Waals surface area (Å²) in [6.07, 6.45) is 0. The van der Waals surface area contributed by atoms with Crippen LogP contribution in [0.5, 0.6) is 0 Å². The molecule has 1 aliphatic rings. The smallest absolute Gasteiger partial charge is 0.246 e. The van der Waals surface area contributed by atoms with Gasteiger partial charge in [-0.05, 0) is 19.1 Å². The van der Waals surface area contributed by atoms with Crippen molar-refractivity contribution in [3.05, 3.63) is 29.3 Å². The predicted octanol–water partition coefficient (Wildman–Crippen LogP) is 1.65. The van der Waals surface area contributed by atoms with Gasteiger partial charge in [0.25, 0.3) is 0 Å². The number of rotatable bonds is 7. The third-order valence-electron chi connectivity index (χ3n) is 4.06. The van der Waals surface area contributed by atoms with Gasteiger partial charge >= 0.3 is 0 Å². The monoisotopic (exact) mass is 349 g/mol. The Morgan fingerprint density at radius 2 is 2.21 bits per heavy atom. The highest BCUT2D eigenvalue weighted by Gasteiger charge is 2.17. The van der Waals surface area contributed by atoms with Crippen molar-refractivity contribution < 1.29 is 14.3 Å². The third kappa shape index (κ3) is 4.73. The van der Waals surface area contributed by atoms with E-state index in [1.165, 1.54) is 0 Å². The third-order valence-corrected chi connectivity index (χ3v) is 5.07. The fraction of sp³-hybridized carbons (Fsp3) is 0.529. The number of benzene rings is 1. The molecule has 24 heavy (non-hydrogen) atoms. The first-order valence-corrected chi connectivity index (χ1v) is 9.05. The van der Waals surface area contributed by atoms with Crippen LogP contribution in [-0.2, 0) is 20.9 Å². The molecule has 0 bridgehead atoms. The highest BCUT2D eigenvalue weighted by molar-refractivity contribution is 7.18. The molecule has 3 rings (SSSR count). The summed E-state index contributed by atoms with van der Waals surface area (Å²) in [5.74, 6) is -0.0868. The summed E-state index contributed by atoms with van der Waals surface area (Å²) in [5, 5.41) is 3.82. The fourth-order valence-electron chi connectivity index (χ4n) is 2.67. The van der Waals surface area contributed by atoms with Gasteiger partial charge in [0.2, 0.25) is 5.91 Å². The van der Waals surface area contributed by atoms with Crippen LogP contribution in [0.3, 0.4) is 0 Å². The summed E-state index contributed by atoms with van der Waals surface area (Å²) in [7, 11) is 0. The number of amides is 1. The molecule has 0 aliphatic carbocycles. The first-order chi connectivity index (χ1) is 11.7. The minimum Gasteiger partial charge on any atom is -0.379 e. The number of nitrogens with one attached hydrogen (secondary N) is 1. The number of nitrogens with zero attached hydrogens (tertiary/aromatic N) is 2. The molecule has 7 heteroatoms. The van der Waals surface area contributed by atoms with E-state index in [0.29, 0.717) is 19.2 Å². The Morgan fingerprint density at radius 1 is 1.42 bits per heavy atom. The second-order valence-electron chi connectivity index (χ2n) is 5.87. The molecule has 1 N–H and O–H groups in total. The van der Waals surface area contributed by atoms with Gasteiger partial charge in [0.15, 0.2) is 0 Å². The number of thiazole rings is 1. The molecule has 0 radical (unpaired) electrons. The number of fused-ring (bicyclic) bond motifs is 1. The molecule has 1 aromatic heterocycles. The van der Waals surface area contributed by atoms with Crippen LogP contribution in [-0.4, -0.2) is 61.3 Å². The highest BCUT2D eigenvalue weighted by Crippen LogP contribution is 2.21. The molecule has 6 nitrogen and oxygen atoms in total. The Balaban J connectivity index is 1.36. The quantitative estimate of drug-likeness (QED) is 0.823. The first kappa shape index (κ1) is 17.3. The molecule has 1 fully saturated rings. The standard InChI is InChI=1S/C17H23N3O3S/c1-13(20-6-8-22-9-7-20)10-18-16(21)11-23-12-17-19-14-4-2-3-5-15(14)24-17/h2-5,13H,6-12H2,1H3,(H,18,21)/t13-/m0/s1. The normalized spacial score (nSPS) is 17.0. The van der Waals surface area contributed by atoms with Crippen LogP contribution in [0, 0.1) is 0 Å². The SMILES string of the molecule is C[C@@H](CNC(=O)COCc1nc2ccccc2s1)N1CCOCC1. The molecular formula is C17H23N3O3S. The summed E-state index contributed by atoms with van der Waals surface area (Å²) in [6, 6.07) is 8.29. The number of carbonyl (C=O) groups excluding carboxylic acids is 1. The van der Waals surface area contributed by atoms with Crippen LogP contribution in [0.1, 0.15) is 11.9 Å². The van der Waals surface area contributed by atoms with E-state index in [1.54, 1.807) is 11.3 Å². The fourth-order valence-corrected chi connectivity index (χ4v) is 3.58. The molecule has 0 saturated carbocycles. The van der Waals surface area contributed by atoms with E-state index in [9.17, 15) is 4.79 Å². The van der Waals surface area contributed by atoms with Crippen molar-refractivity contribution in [2.75, 3.05) is 39.5 Å². The van der Waals surface area contributed by atoms with Gasteiger partial charge in [-0.1, -0.05) is 12.1 Å². The van der Waals surface area contributed by atoms with E-state index >= 15 is 0 Å². The number of hydrogen-bond acceptors (Lipinski definition) is 6. The van der Waals surface area contributed by atoms with E-state index in [1.807, 2.05) is 24.3 Å². The maximum Gasteiger partial charge on any atom is 0.246 e. The number of ether oxygens (including phenoxy) is 2. The van der Waals surface area contributed by atoms with Gasteiger partial charge in [-0.15, -0.1) is 11.3 Å². The van der Waals surface area contributed by atoms with Crippen LogP contribution in [0.15, 0.2) is 24.3 Å². The molecule has 0 spiro atoms. The van der Waals surface area contributed by atoms with Gasteiger partial charge in [0.05, 0.1) is 30.0 Å². The average Bonchev–Trinajstić information content (AvgIpc) is 3.03. The topological polar surface area (TPSA) is 63.7 Å². The summed E-state index contributed by atoms with van der Waals surface area (Å²) < 4.78 is 12.0. The Kier molecular flexibility index (Phi) is 6.14. The summed E-state index contributed by atoms with van der Waals surface area (Å²) in [6.45, 7) is 6.55. The summed E-state index contributed by atoms with van der Waals surface area (Å²) in [4.78, 5) is 18.7. The van der Waals surface area contributed by atoms with Crippen LogP contribution in [0.25, 0.3) is 10.2 Å². The van der Waals surface area contributed by atoms with Crippen molar-refractivity contribution in [1.82, 2.24) is 15.2 Å². The van der Waals surface area contributed by atoms with Gasteiger partial charge < -0.3 is 14.8 Å². The van der Waals surface area contributed by atoms with Crippen molar-refractivity contribution in [3.8, 4) is 0 Å². The maximum absolute atomic E-state index is 11.9. The van der Waals surface area contributed by atoms with Crippen LogP contribution < -0.4 is 5.32 Å². The number of para-hydroxylation sites is 1. The van der Waals surface area contributed by atoms with Crippen molar-refractivity contribution in [3.63, 3.8) is 0 Å². The van der Waals surface area contributed by atoms with Crippen molar-refractivity contribution >= 4 is 27.5 Å².